The van der Waals surface area contributed by atoms with Crippen LogP contribution in [0, 0.1) is 13.8 Å². The van der Waals surface area contributed by atoms with E-state index in [1.54, 1.807) is 19.1 Å². The lowest BCUT2D eigenvalue weighted by atomic mass is 10.3. The summed E-state index contributed by atoms with van der Waals surface area (Å²) in [7, 11) is -3.73. The SMILES string of the molecule is CCOc1ccc(NC(=O)c2nc3nc(C)cc(C)n3n2)cc1S(=O)(=O)N1CCCC1. The fourth-order valence-electron chi connectivity index (χ4n) is 3.58. The van der Waals surface area contributed by atoms with Crippen LogP contribution in [0.1, 0.15) is 41.8 Å². The number of carbonyl (C=O) groups is 1. The number of benzene rings is 1. The second-order valence-corrected chi connectivity index (χ2v) is 9.25. The summed E-state index contributed by atoms with van der Waals surface area (Å²) in [5.74, 6) is -0.0320. The number of nitrogens with one attached hydrogen (secondary N) is 1. The highest BCUT2D eigenvalue weighted by Gasteiger charge is 2.30. The summed E-state index contributed by atoms with van der Waals surface area (Å²) in [6.07, 6.45) is 1.65. The number of hydrogen-bond acceptors (Lipinski definition) is 7. The van der Waals surface area contributed by atoms with Crippen LogP contribution in [0.4, 0.5) is 5.69 Å². The third-order valence-corrected chi connectivity index (χ3v) is 6.93. The topological polar surface area (TPSA) is 119 Å². The highest BCUT2D eigenvalue weighted by molar-refractivity contribution is 7.89. The van der Waals surface area contributed by atoms with Crippen LogP contribution in [-0.2, 0) is 10.0 Å². The lowest BCUT2D eigenvalue weighted by Gasteiger charge is -2.19. The number of anilines is 1. The zero-order chi connectivity index (χ0) is 22.2. The number of nitrogens with zero attached hydrogens (tertiary/aromatic N) is 5. The van der Waals surface area contributed by atoms with Crippen molar-refractivity contribution in [3.8, 4) is 5.75 Å². The van der Waals surface area contributed by atoms with Crippen LogP contribution < -0.4 is 10.1 Å². The number of rotatable bonds is 6. The number of sulfonamides is 1. The third-order valence-electron chi connectivity index (χ3n) is 5.01. The minimum Gasteiger partial charge on any atom is -0.492 e. The van der Waals surface area contributed by atoms with Crippen LogP contribution >= 0.6 is 0 Å². The molecule has 1 amide bonds. The Hall–Kier alpha value is -3.05. The Morgan fingerprint density at radius 2 is 1.90 bits per heavy atom. The summed E-state index contributed by atoms with van der Waals surface area (Å²) in [4.78, 5) is 21.2. The quantitative estimate of drug-likeness (QED) is 0.619. The van der Waals surface area contributed by atoms with Gasteiger partial charge in [-0.25, -0.2) is 17.9 Å². The number of ether oxygens (including phenoxy) is 1. The second-order valence-electron chi connectivity index (χ2n) is 7.35. The van der Waals surface area contributed by atoms with E-state index in [4.69, 9.17) is 4.74 Å². The van der Waals surface area contributed by atoms with Crippen molar-refractivity contribution in [2.24, 2.45) is 0 Å². The molecule has 0 unspecified atom stereocenters. The van der Waals surface area contributed by atoms with Gasteiger partial charge in [0.15, 0.2) is 0 Å². The number of aromatic nitrogens is 4. The molecule has 164 valence electrons. The van der Waals surface area contributed by atoms with E-state index in [2.05, 4.69) is 20.4 Å². The van der Waals surface area contributed by atoms with Crippen molar-refractivity contribution in [3.05, 3.63) is 41.5 Å². The molecule has 3 aromatic rings. The summed E-state index contributed by atoms with van der Waals surface area (Å²) in [6, 6.07) is 6.40. The molecule has 1 aliphatic rings. The molecule has 11 heteroatoms. The van der Waals surface area contributed by atoms with E-state index < -0.39 is 15.9 Å². The van der Waals surface area contributed by atoms with Gasteiger partial charge in [-0.05, 0) is 57.9 Å². The Bertz CT molecular complexity index is 1250. The Balaban J connectivity index is 1.65. The summed E-state index contributed by atoms with van der Waals surface area (Å²) in [6.45, 7) is 6.74. The molecule has 0 bridgehead atoms. The van der Waals surface area contributed by atoms with E-state index in [1.165, 1.54) is 14.9 Å². The minimum atomic E-state index is -3.73. The highest BCUT2D eigenvalue weighted by atomic mass is 32.2. The van der Waals surface area contributed by atoms with Gasteiger partial charge in [0.2, 0.25) is 15.8 Å². The van der Waals surface area contributed by atoms with Gasteiger partial charge in [-0.2, -0.15) is 9.29 Å². The number of hydrogen-bond donors (Lipinski definition) is 1. The standard InChI is InChI=1S/C20H24N6O4S/c1-4-30-16-8-7-15(12-17(16)31(28,29)25-9-5-6-10-25)22-19(27)18-23-20-21-13(2)11-14(3)26(20)24-18/h7-8,11-12H,4-6,9-10H2,1-3H3,(H,22,27). The van der Waals surface area contributed by atoms with E-state index in [9.17, 15) is 13.2 Å². The van der Waals surface area contributed by atoms with Crippen molar-refractivity contribution < 1.29 is 17.9 Å². The molecule has 4 rings (SSSR count). The molecule has 1 fully saturated rings. The number of carbonyl (C=O) groups excluding carboxylic acids is 1. The van der Waals surface area contributed by atoms with E-state index in [0.717, 1.165) is 24.2 Å². The molecule has 1 saturated heterocycles. The van der Waals surface area contributed by atoms with Gasteiger partial charge in [-0.3, -0.25) is 4.79 Å². The fraction of sp³-hybridized carbons (Fsp3) is 0.400. The highest BCUT2D eigenvalue weighted by Crippen LogP contribution is 2.31. The molecule has 0 atom stereocenters. The monoisotopic (exact) mass is 444 g/mol. The van der Waals surface area contributed by atoms with Crippen LogP contribution in [0.25, 0.3) is 5.78 Å². The maximum atomic E-state index is 13.1. The average molecular weight is 445 g/mol. The van der Waals surface area contributed by atoms with E-state index in [-0.39, 0.29) is 16.5 Å². The maximum Gasteiger partial charge on any atom is 0.295 e. The summed E-state index contributed by atoms with van der Waals surface area (Å²) in [5, 5.41) is 6.89. The van der Waals surface area contributed by atoms with Crippen LogP contribution in [0.15, 0.2) is 29.2 Å². The van der Waals surface area contributed by atoms with Gasteiger partial charge in [-0.1, -0.05) is 0 Å². The lowest BCUT2D eigenvalue weighted by molar-refractivity contribution is 0.101. The average Bonchev–Trinajstić information content (AvgIpc) is 3.39. The molecule has 0 aliphatic carbocycles. The zero-order valence-electron chi connectivity index (χ0n) is 17.6. The summed E-state index contributed by atoms with van der Waals surface area (Å²) in [5.41, 5.74) is 1.88. The van der Waals surface area contributed by atoms with Crippen LogP contribution in [0.3, 0.4) is 0 Å². The molecule has 1 N–H and O–H groups in total. The van der Waals surface area contributed by atoms with Crippen LogP contribution in [-0.4, -0.2) is 57.9 Å². The Kier molecular flexibility index (Phi) is 5.63. The predicted octanol–water partition coefficient (Wildman–Crippen LogP) is 2.18. The van der Waals surface area contributed by atoms with Gasteiger partial charge in [0.05, 0.1) is 6.61 Å². The zero-order valence-corrected chi connectivity index (χ0v) is 18.4. The first-order valence-corrected chi connectivity index (χ1v) is 11.5. The molecule has 0 radical (unpaired) electrons. The third kappa shape index (κ3) is 4.10. The molecule has 3 heterocycles. The van der Waals surface area contributed by atoms with Gasteiger partial charge >= 0.3 is 0 Å². The van der Waals surface area contributed by atoms with Crippen molar-refractivity contribution in [1.82, 2.24) is 23.9 Å². The number of aryl methyl sites for hydroxylation is 2. The first-order chi connectivity index (χ1) is 14.8. The number of fused-ring (bicyclic) bond motifs is 1. The molecule has 1 aromatic carbocycles. The van der Waals surface area contributed by atoms with Gasteiger partial charge in [0, 0.05) is 30.2 Å². The Morgan fingerprint density at radius 1 is 1.16 bits per heavy atom. The van der Waals surface area contributed by atoms with Crippen LogP contribution in [0.5, 0.6) is 5.75 Å². The molecule has 0 saturated carbocycles. The first-order valence-electron chi connectivity index (χ1n) is 10.1. The lowest BCUT2D eigenvalue weighted by Crippen LogP contribution is -2.28. The normalized spacial score (nSPS) is 14.8. The van der Waals surface area contributed by atoms with Gasteiger partial charge < -0.3 is 10.1 Å². The van der Waals surface area contributed by atoms with Gasteiger partial charge in [0.1, 0.15) is 10.6 Å². The Morgan fingerprint density at radius 3 is 2.61 bits per heavy atom. The molecule has 0 spiro atoms. The predicted molar refractivity (Wildman–Crippen MR) is 114 cm³/mol. The fourth-order valence-corrected chi connectivity index (χ4v) is 5.25. The molecular weight excluding hydrogens is 420 g/mol. The summed E-state index contributed by atoms with van der Waals surface area (Å²) >= 11 is 0. The molecular formula is C20H24N6O4S. The van der Waals surface area contributed by atoms with Crippen molar-refractivity contribution in [2.75, 3.05) is 25.0 Å². The second kappa shape index (κ2) is 8.23. The smallest absolute Gasteiger partial charge is 0.295 e. The largest absolute Gasteiger partial charge is 0.492 e. The first kappa shape index (κ1) is 21.2. The number of amides is 1. The molecule has 31 heavy (non-hydrogen) atoms. The summed E-state index contributed by atoms with van der Waals surface area (Å²) < 4.78 is 34.7. The maximum absolute atomic E-state index is 13.1. The van der Waals surface area contributed by atoms with E-state index in [0.29, 0.717) is 31.2 Å². The van der Waals surface area contributed by atoms with Crippen molar-refractivity contribution in [2.45, 2.75) is 38.5 Å². The minimum absolute atomic E-state index is 0.0325. The molecule has 1 aliphatic heterocycles. The van der Waals surface area contributed by atoms with Crippen molar-refractivity contribution >= 4 is 27.4 Å². The van der Waals surface area contributed by atoms with Gasteiger partial charge in [-0.15, -0.1) is 5.10 Å². The van der Waals surface area contributed by atoms with E-state index in [1.807, 2.05) is 19.9 Å². The van der Waals surface area contributed by atoms with Crippen molar-refractivity contribution in [1.29, 1.82) is 0 Å². The molecule has 10 nitrogen and oxygen atoms in total. The van der Waals surface area contributed by atoms with Crippen LogP contribution in [0.2, 0.25) is 0 Å². The Labute approximate surface area is 180 Å². The van der Waals surface area contributed by atoms with Crippen molar-refractivity contribution in [3.63, 3.8) is 0 Å². The molecule has 2 aromatic heterocycles. The van der Waals surface area contributed by atoms with E-state index >= 15 is 0 Å². The van der Waals surface area contributed by atoms with Gasteiger partial charge in [0.25, 0.3) is 11.7 Å².